The molecule has 0 aliphatic rings. The van der Waals surface area contributed by atoms with Crippen molar-refractivity contribution in [2.45, 2.75) is 6.92 Å². The Morgan fingerprint density at radius 3 is 2.59 bits per heavy atom. The molecule has 9 heteroatoms. The largest absolute Gasteiger partial charge is 0.506 e. The number of aromatic carboxylic acids is 1. The van der Waals surface area contributed by atoms with Gasteiger partial charge in [0.05, 0.1) is 27.3 Å². The highest BCUT2D eigenvalue weighted by molar-refractivity contribution is 7.14. The molecule has 0 spiro atoms. The minimum Gasteiger partial charge on any atom is -0.506 e. The standard InChI is InChI=1S/C20H16ClN3O4S/c1-10(15-9-29-18(17(15)25)11-3-2-4-13(21)7-11)23-24-19(26)14-6-5-12(20(27)28)8-16(14)22/h2-9,25H,22H2,1H3,(H,24,26)(H,27,28)/b23-10+. The van der Waals surface area contributed by atoms with E-state index in [1.807, 2.05) is 6.07 Å². The number of hydrogen-bond acceptors (Lipinski definition) is 6. The Balaban J connectivity index is 1.80. The van der Waals surface area contributed by atoms with Crippen LogP contribution in [-0.2, 0) is 0 Å². The normalized spacial score (nSPS) is 11.3. The second kappa shape index (κ2) is 8.34. The molecular formula is C20H16ClN3O4S. The lowest BCUT2D eigenvalue weighted by molar-refractivity contribution is 0.0696. The van der Waals surface area contributed by atoms with Gasteiger partial charge in [-0.05, 0) is 42.8 Å². The first-order chi connectivity index (χ1) is 13.8. The van der Waals surface area contributed by atoms with Crippen LogP contribution in [0, 0.1) is 0 Å². The first-order valence-electron chi connectivity index (χ1n) is 8.32. The van der Waals surface area contributed by atoms with E-state index in [0.29, 0.717) is 21.2 Å². The van der Waals surface area contributed by atoms with E-state index in [2.05, 4.69) is 10.5 Å². The zero-order valence-electron chi connectivity index (χ0n) is 15.1. The minimum absolute atomic E-state index is 0.0181. The number of benzene rings is 2. The van der Waals surface area contributed by atoms with Crippen molar-refractivity contribution >= 4 is 46.2 Å². The molecule has 0 radical (unpaired) electrons. The van der Waals surface area contributed by atoms with Gasteiger partial charge in [0.15, 0.2) is 0 Å². The number of rotatable bonds is 5. The second-order valence-corrected chi connectivity index (χ2v) is 7.40. The maximum absolute atomic E-state index is 12.3. The number of anilines is 1. The first kappa shape index (κ1) is 20.4. The van der Waals surface area contributed by atoms with E-state index in [-0.39, 0.29) is 22.6 Å². The number of nitrogens with two attached hydrogens (primary N) is 1. The van der Waals surface area contributed by atoms with Crippen molar-refractivity contribution < 1.29 is 19.8 Å². The van der Waals surface area contributed by atoms with Crippen molar-refractivity contribution in [1.29, 1.82) is 0 Å². The van der Waals surface area contributed by atoms with Crippen LogP contribution >= 0.6 is 22.9 Å². The molecule has 0 fully saturated rings. The summed E-state index contributed by atoms with van der Waals surface area (Å²) in [4.78, 5) is 23.9. The van der Waals surface area contributed by atoms with Gasteiger partial charge < -0.3 is 15.9 Å². The third-order valence-corrected chi connectivity index (χ3v) is 5.36. The molecule has 1 aromatic heterocycles. The molecule has 5 N–H and O–H groups in total. The Morgan fingerprint density at radius 2 is 1.93 bits per heavy atom. The van der Waals surface area contributed by atoms with Crippen LogP contribution in [0.25, 0.3) is 10.4 Å². The van der Waals surface area contributed by atoms with Crippen LogP contribution in [0.4, 0.5) is 5.69 Å². The molecule has 0 bridgehead atoms. The quantitative estimate of drug-likeness (QED) is 0.274. The number of carbonyl (C=O) groups is 2. The molecule has 0 unspecified atom stereocenters. The van der Waals surface area contributed by atoms with E-state index in [1.54, 1.807) is 30.5 Å². The summed E-state index contributed by atoms with van der Waals surface area (Å²) in [6.45, 7) is 1.64. The molecule has 0 saturated carbocycles. The van der Waals surface area contributed by atoms with Crippen LogP contribution in [0.5, 0.6) is 5.75 Å². The topological polar surface area (TPSA) is 125 Å². The molecule has 3 aromatic rings. The van der Waals surface area contributed by atoms with E-state index >= 15 is 0 Å². The van der Waals surface area contributed by atoms with Crippen molar-refractivity contribution in [3.8, 4) is 16.2 Å². The summed E-state index contributed by atoms with van der Waals surface area (Å²) >= 11 is 7.33. The van der Waals surface area contributed by atoms with Crippen molar-refractivity contribution in [2.75, 3.05) is 5.73 Å². The van der Waals surface area contributed by atoms with Gasteiger partial charge in [-0.3, -0.25) is 4.79 Å². The van der Waals surface area contributed by atoms with E-state index in [0.717, 1.165) is 5.56 Å². The van der Waals surface area contributed by atoms with Gasteiger partial charge in [0, 0.05) is 16.1 Å². The summed E-state index contributed by atoms with van der Waals surface area (Å²) in [6.07, 6.45) is 0. The summed E-state index contributed by atoms with van der Waals surface area (Å²) in [6, 6.07) is 10.9. The molecule has 1 heterocycles. The molecule has 0 atom stereocenters. The number of halogens is 1. The third kappa shape index (κ3) is 4.39. The van der Waals surface area contributed by atoms with Crippen LogP contribution in [0.3, 0.4) is 0 Å². The van der Waals surface area contributed by atoms with Gasteiger partial charge in [-0.1, -0.05) is 23.7 Å². The number of hydrazone groups is 1. The molecular weight excluding hydrogens is 414 g/mol. The number of amides is 1. The lowest BCUT2D eigenvalue weighted by Crippen LogP contribution is -2.20. The Bertz CT molecular complexity index is 1140. The minimum atomic E-state index is -1.14. The summed E-state index contributed by atoms with van der Waals surface area (Å²) in [5.74, 6) is -1.69. The number of nitrogen functional groups attached to an aromatic ring is 1. The molecule has 0 aliphatic carbocycles. The van der Waals surface area contributed by atoms with Gasteiger partial charge in [0.2, 0.25) is 0 Å². The van der Waals surface area contributed by atoms with E-state index in [9.17, 15) is 14.7 Å². The number of carboxylic acids is 1. The van der Waals surface area contributed by atoms with Gasteiger partial charge in [0.25, 0.3) is 5.91 Å². The highest BCUT2D eigenvalue weighted by atomic mass is 35.5. The Hall–Kier alpha value is -3.36. The van der Waals surface area contributed by atoms with Gasteiger partial charge in [0.1, 0.15) is 5.75 Å². The molecule has 1 amide bonds. The maximum atomic E-state index is 12.3. The number of carbonyl (C=O) groups excluding carboxylic acids is 1. The van der Waals surface area contributed by atoms with Gasteiger partial charge in [-0.2, -0.15) is 5.10 Å². The fourth-order valence-electron chi connectivity index (χ4n) is 2.60. The third-order valence-electron chi connectivity index (χ3n) is 4.11. The van der Waals surface area contributed by atoms with Crippen LogP contribution in [0.15, 0.2) is 52.9 Å². The highest BCUT2D eigenvalue weighted by Crippen LogP contribution is 2.39. The van der Waals surface area contributed by atoms with Crippen molar-refractivity contribution in [3.63, 3.8) is 0 Å². The number of nitrogens with zero attached hydrogens (tertiary/aromatic N) is 1. The number of nitrogens with one attached hydrogen (secondary N) is 1. The van der Waals surface area contributed by atoms with Crippen LogP contribution in [0.2, 0.25) is 5.02 Å². The van der Waals surface area contributed by atoms with Gasteiger partial charge >= 0.3 is 5.97 Å². The molecule has 29 heavy (non-hydrogen) atoms. The number of thiophene rings is 1. The van der Waals surface area contributed by atoms with E-state index in [4.69, 9.17) is 22.4 Å². The molecule has 3 rings (SSSR count). The molecule has 148 valence electrons. The average molecular weight is 430 g/mol. The highest BCUT2D eigenvalue weighted by Gasteiger charge is 2.16. The van der Waals surface area contributed by atoms with Gasteiger partial charge in [-0.25, -0.2) is 10.2 Å². The van der Waals surface area contributed by atoms with Crippen LogP contribution < -0.4 is 11.2 Å². The van der Waals surface area contributed by atoms with Crippen molar-refractivity contribution in [2.24, 2.45) is 5.10 Å². The van der Waals surface area contributed by atoms with Gasteiger partial charge in [-0.15, -0.1) is 11.3 Å². The van der Waals surface area contributed by atoms with Crippen LogP contribution in [0.1, 0.15) is 33.2 Å². The number of hydrogen-bond donors (Lipinski definition) is 4. The average Bonchev–Trinajstić information content (AvgIpc) is 3.07. The Morgan fingerprint density at radius 1 is 1.17 bits per heavy atom. The lowest BCUT2D eigenvalue weighted by atomic mass is 10.1. The zero-order valence-corrected chi connectivity index (χ0v) is 16.7. The number of aromatic hydroxyl groups is 1. The smallest absolute Gasteiger partial charge is 0.335 e. The Labute approximate surface area is 175 Å². The predicted molar refractivity (Wildman–Crippen MR) is 114 cm³/mol. The number of carboxylic acid groups (broad SMARTS) is 1. The fourth-order valence-corrected chi connectivity index (χ4v) is 3.79. The molecule has 0 saturated heterocycles. The monoisotopic (exact) mass is 429 g/mol. The maximum Gasteiger partial charge on any atom is 0.335 e. The summed E-state index contributed by atoms with van der Waals surface area (Å²) < 4.78 is 0. The van der Waals surface area contributed by atoms with E-state index in [1.165, 1.54) is 29.5 Å². The lowest BCUT2D eigenvalue weighted by Gasteiger charge is -2.06. The first-order valence-corrected chi connectivity index (χ1v) is 9.58. The van der Waals surface area contributed by atoms with E-state index < -0.39 is 11.9 Å². The van der Waals surface area contributed by atoms with Crippen molar-refractivity contribution in [3.05, 3.63) is 69.6 Å². The Kier molecular flexibility index (Phi) is 5.86. The summed E-state index contributed by atoms with van der Waals surface area (Å²) in [5.41, 5.74) is 9.86. The fraction of sp³-hybridized carbons (Fsp3) is 0.0500. The molecule has 0 aliphatic heterocycles. The summed E-state index contributed by atoms with van der Waals surface area (Å²) in [5, 5.41) is 25.8. The molecule has 7 nitrogen and oxygen atoms in total. The summed E-state index contributed by atoms with van der Waals surface area (Å²) in [7, 11) is 0. The SMILES string of the molecule is C/C(=N\NC(=O)c1ccc(C(=O)O)cc1N)c1csc(-c2cccc(Cl)c2)c1O. The zero-order chi connectivity index (χ0) is 21.1. The second-order valence-electron chi connectivity index (χ2n) is 6.08. The predicted octanol–water partition coefficient (Wildman–Crippen LogP) is 4.21. The van der Waals surface area contributed by atoms with Crippen LogP contribution in [-0.4, -0.2) is 27.8 Å². The van der Waals surface area contributed by atoms with Crippen molar-refractivity contribution in [1.82, 2.24) is 5.43 Å². The molecule has 2 aromatic carbocycles.